The lowest BCUT2D eigenvalue weighted by molar-refractivity contribution is 0.186. The number of urea groups is 1. The van der Waals surface area contributed by atoms with Gasteiger partial charge in [0, 0.05) is 18.4 Å². The number of H-pyrrole nitrogens is 1. The molecule has 2 N–H and O–H groups in total. The predicted octanol–water partition coefficient (Wildman–Crippen LogP) is 3.07. The molecule has 2 aromatic rings. The molecule has 6 nitrogen and oxygen atoms in total. The summed E-state index contributed by atoms with van der Waals surface area (Å²) in [6.45, 7) is 8.10. The third kappa shape index (κ3) is 4.53. The number of aromatic nitrogens is 2. The highest BCUT2D eigenvalue weighted by atomic mass is 16.5. The minimum atomic E-state index is -0.0638. The monoisotopic (exact) mass is 342 g/mol. The fourth-order valence-corrected chi connectivity index (χ4v) is 2.82. The molecule has 25 heavy (non-hydrogen) atoms. The molecule has 1 aromatic carbocycles. The summed E-state index contributed by atoms with van der Waals surface area (Å²) in [5.74, 6) is 0.849. The molecule has 1 unspecified atom stereocenters. The van der Waals surface area contributed by atoms with Crippen molar-refractivity contribution in [2.75, 3.05) is 13.1 Å². The fourth-order valence-electron chi connectivity index (χ4n) is 2.82. The average molecular weight is 342 g/mol. The molecule has 3 rings (SSSR count). The topological polar surface area (TPSA) is 70.2 Å². The normalized spacial score (nSPS) is 17.6. The predicted molar refractivity (Wildman–Crippen MR) is 96.6 cm³/mol. The molecule has 2 amide bonds. The van der Waals surface area contributed by atoms with Crippen LogP contribution < -0.4 is 10.1 Å². The number of aromatic amines is 1. The van der Waals surface area contributed by atoms with E-state index in [2.05, 4.69) is 36.3 Å². The summed E-state index contributed by atoms with van der Waals surface area (Å²) < 4.78 is 5.92. The van der Waals surface area contributed by atoms with Gasteiger partial charge >= 0.3 is 6.03 Å². The Labute approximate surface area is 148 Å². The minimum absolute atomic E-state index is 0.00426. The number of carbonyl (C=O) groups excluding carboxylic acids is 1. The molecule has 2 heterocycles. The zero-order valence-corrected chi connectivity index (χ0v) is 15.1. The minimum Gasteiger partial charge on any atom is -0.489 e. The van der Waals surface area contributed by atoms with Gasteiger partial charge in [-0.3, -0.25) is 5.10 Å². The smallest absolute Gasteiger partial charge is 0.317 e. The van der Waals surface area contributed by atoms with Crippen molar-refractivity contribution in [2.24, 2.45) is 0 Å². The number of hydrogen-bond acceptors (Lipinski definition) is 3. The molecule has 0 saturated carbocycles. The average Bonchev–Trinajstić information content (AvgIpc) is 3.22. The van der Waals surface area contributed by atoms with Crippen molar-refractivity contribution >= 4 is 6.03 Å². The Morgan fingerprint density at radius 1 is 1.36 bits per heavy atom. The van der Waals surface area contributed by atoms with Crippen LogP contribution in [0.2, 0.25) is 0 Å². The van der Waals surface area contributed by atoms with Crippen molar-refractivity contribution in [3.63, 3.8) is 0 Å². The Bertz CT molecular complexity index is 706. The molecular formula is C19H26N4O2. The van der Waals surface area contributed by atoms with Crippen molar-refractivity contribution in [1.29, 1.82) is 0 Å². The molecule has 1 aliphatic heterocycles. The van der Waals surface area contributed by atoms with Crippen LogP contribution in [0.1, 0.15) is 38.6 Å². The first kappa shape index (κ1) is 17.3. The van der Waals surface area contributed by atoms with Gasteiger partial charge < -0.3 is 15.0 Å². The number of nitrogens with one attached hydrogen (secondary N) is 2. The molecule has 1 saturated heterocycles. The summed E-state index contributed by atoms with van der Waals surface area (Å²) in [5, 5.41) is 10.3. The number of ether oxygens (including phenoxy) is 1. The number of likely N-dealkylation sites (tertiary alicyclic amines) is 1. The van der Waals surface area contributed by atoms with Gasteiger partial charge in [0.25, 0.3) is 0 Å². The Morgan fingerprint density at radius 2 is 2.12 bits per heavy atom. The van der Waals surface area contributed by atoms with E-state index in [-0.39, 0.29) is 17.6 Å². The summed E-state index contributed by atoms with van der Waals surface area (Å²) in [5.41, 5.74) is 1.90. The van der Waals surface area contributed by atoms with E-state index in [1.807, 2.05) is 36.4 Å². The standard InChI is InChI=1S/C19H26N4O2/c1-19(2,3)17-11-14(21-22-17)12-20-18(24)23-10-9-16(13-23)25-15-7-5-4-6-8-15/h4-8,11,16H,9-10,12-13H2,1-3H3,(H,20,24)(H,21,22). The fraction of sp³-hybridized carbons (Fsp3) is 0.474. The van der Waals surface area contributed by atoms with Crippen LogP contribution in [0.15, 0.2) is 36.4 Å². The maximum Gasteiger partial charge on any atom is 0.317 e. The zero-order chi connectivity index (χ0) is 17.9. The molecule has 0 radical (unpaired) electrons. The summed E-state index contributed by atoms with van der Waals surface area (Å²) in [4.78, 5) is 14.1. The molecule has 1 atom stereocenters. The summed E-state index contributed by atoms with van der Waals surface area (Å²) in [6, 6.07) is 11.7. The molecule has 1 aliphatic rings. The van der Waals surface area contributed by atoms with E-state index >= 15 is 0 Å². The van der Waals surface area contributed by atoms with E-state index in [0.29, 0.717) is 19.6 Å². The number of rotatable bonds is 4. The lowest BCUT2D eigenvalue weighted by atomic mass is 9.92. The molecule has 134 valence electrons. The van der Waals surface area contributed by atoms with Gasteiger partial charge in [-0.2, -0.15) is 5.10 Å². The summed E-state index contributed by atoms with van der Waals surface area (Å²) >= 11 is 0. The number of para-hydroxylation sites is 1. The van der Waals surface area contributed by atoms with Gasteiger partial charge in [0.2, 0.25) is 0 Å². The third-order valence-corrected chi connectivity index (χ3v) is 4.31. The molecule has 0 aliphatic carbocycles. The Hall–Kier alpha value is -2.50. The summed E-state index contributed by atoms with van der Waals surface area (Å²) in [7, 11) is 0. The van der Waals surface area contributed by atoms with Crippen LogP contribution in [0.3, 0.4) is 0 Å². The third-order valence-electron chi connectivity index (χ3n) is 4.31. The van der Waals surface area contributed by atoms with E-state index in [0.717, 1.165) is 23.6 Å². The van der Waals surface area contributed by atoms with E-state index in [9.17, 15) is 4.79 Å². The second-order valence-electron chi connectivity index (χ2n) is 7.47. The van der Waals surface area contributed by atoms with E-state index in [1.165, 1.54) is 0 Å². The first-order valence-corrected chi connectivity index (χ1v) is 8.71. The molecule has 1 fully saturated rings. The highest BCUT2D eigenvalue weighted by molar-refractivity contribution is 5.74. The SMILES string of the molecule is CC(C)(C)c1cc(CNC(=O)N2CCC(Oc3ccccc3)C2)[nH]n1. The van der Waals surface area contributed by atoms with Gasteiger partial charge in [-0.1, -0.05) is 39.0 Å². The number of carbonyl (C=O) groups is 1. The van der Waals surface area contributed by atoms with Crippen molar-refractivity contribution in [3.8, 4) is 5.75 Å². The maximum atomic E-state index is 12.3. The quantitative estimate of drug-likeness (QED) is 0.897. The van der Waals surface area contributed by atoms with E-state index in [1.54, 1.807) is 4.90 Å². The second kappa shape index (κ2) is 7.17. The van der Waals surface area contributed by atoms with Crippen molar-refractivity contribution in [1.82, 2.24) is 20.4 Å². The molecule has 1 aromatic heterocycles. The summed E-state index contributed by atoms with van der Waals surface area (Å²) in [6.07, 6.45) is 0.897. The molecular weight excluding hydrogens is 316 g/mol. The Balaban J connectivity index is 1.47. The Kier molecular flexibility index (Phi) is 4.97. The highest BCUT2D eigenvalue weighted by Crippen LogP contribution is 2.20. The number of nitrogens with zero attached hydrogens (tertiary/aromatic N) is 2. The molecule has 0 spiro atoms. The lowest BCUT2D eigenvalue weighted by Gasteiger charge is -2.17. The van der Waals surface area contributed by atoms with Gasteiger partial charge in [-0.05, 0) is 18.2 Å². The van der Waals surface area contributed by atoms with E-state index < -0.39 is 0 Å². The van der Waals surface area contributed by atoms with Gasteiger partial charge in [0.1, 0.15) is 11.9 Å². The Morgan fingerprint density at radius 3 is 2.80 bits per heavy atom. The molecule has 6 heteroatoms. The van der Waals surface area contributed by atoms with Gasteiger partial charge in [-0.15, -0.1) is 0 Å². The maximum absolute atomic E-state index is 12.3. The largest absolute Gasteiger partial charge is 0.489 e. The number of amides is 2. The zero-order valence-electron chi connectivity index (χ0n) is 15.1. The highest BCUT2D eigenvalue weighted by Gasteiger charge is 2.27. The number of hydrogen-bond donors (Lipinski definition) is 2. The van der Waals surface area contributed by atoms with Crippen molar-refractivity contribution in [2.45, 2.75) is 45.3 Å². The van der Waals surface area contributed by atoms with E-state index in [4.69, 9.17) is 4.74 Å². The van der Waals surface area contributed by atoms with Crippen LogP contribution in [0.4, 0.5) is 4.79 Å². The van der Waals surface area contributed by atoms with Gasteiger partial charge in [0.15, 0.2) is 0 Å². The number of benzene rings is 1. The van der Waals surface area contributed by atoms with Crippen LogP contribution in [0.5, 0.6) is 5.75 Å². The van der Waals surface area contributed by atoms with Crippen LogP contribution in [0.25, 0.3) is 0 Å². The van der Waals surface area contributed by atoms with Crippen molar-refractivity contribution in [3.05, 3.63) is 47.8 Å². The van der Waals surface area contributed by atoms with Crippen LogP contribution in [-0.4, -0.2) is 40.3 Å². The molecule has 0 bridgehead atoms. The van der Waals surface area contributed by atoms with Gasteiger partial charge in [-0.25, -0.2) is 4.79 Å². The van der Waals surface area contributed by atoms with Crippen LogP contribution >= 0.6 is 0 Å². The lowest BCUT2D eigenvalue weighted by Crippen LogP contribution is -2.39. The first-order valence-electron chi connectivity index (χ1n) is 8.71. The van der Waals surface area contributed by atoms with Crippen LogP contribution in [0, 0.1) is 0 Å². The first-order chi connectivity index (χ1) is 11.9. The van der Waals surface area contributed by atoms with Gasteiger partial charge in [0.05, 0.1) is 24.5 Å². The van der Waals surface area contributed by atoms with Crippen molar-refractivity contribution < 1.29 is 9.53 Å². The van der Waals surface area contributed by atoms with Crippen LogP contribution in [-0.2, 0) is 12.0 Å². The second-order valence-corrected chi connectivity index (χ2v) is 7.47.